The maximum Gasteiger partial charge on any atom is 0.325 e. The summed E-state index contributed by atoms with van der Waals surface area (Å²) >= 11 is 0. The molecule has 5 heteroatoms. The van der Waals surface area contributed by atoms with Crippen molar-refractivity contribution < 1.29 is 19.4 Å². The van der Waals surface area contributed by atoms with Crippen LogP contribution in [0.4, 0.5) is 0 Å². The molecule has 0 aromatic rings. The molecule has 0 radical (unpaired) electrons. The third-order valence-electron chi connectivity index (χ3n) is 1.65. The molecule has 2 atom stereocenters. The number of hydrogen-bond donors (Lipinski definition) is 2. The SMILES string of the molecule is C[C@@H](O)[C@H](N)C(=O)OCCOC(C)(C)C. The van der Waals surface area contributed by atoms with Gasteiger partial charge in [0.15, 0.2) is 0 Å². The minimum Gasteiger partial charge on any atom is -0.462 e. The van der Waals surface area contributed by atoms with E-state index in [4.69, 9.17) is 20.3 Å². The number of esters is 1. The summed E-state index contributed by atoms with van der Waals surface area (Å²) in [6, 6.07) is -0.986. The highest BCUT2D eigenvalue weighted by atomic mass is 16.6. The highest BCUT2D eigenvalue weighted by molar-refractivity contribution is 5.76. The Bertz CT molecular complexity index is 198. The van der Waals surface area contributed by atoms with E-state index >= 15 is 0 Å². The number of aliphatic hydroxyl groups is 1. The predicted molar refractivity (Wildman–Crippen MR) is 56.3 cm³/mol. The number of hydrogen-bond acceptors (Lipinski definition) is 5. The van der Waals surface area contributed by atoms with E-state index in [1.807, 2.05) is 20.8 Å². The highest BCUT2D eigenvalue weighted by Gasteiger charge is 2.20. The van der Waals surface area contributed by atoms with Crippen molar-refractivity contribution in [2.75, 3.05) is 13.2 Å². The standard InChI is InChI=1S/C10H21NO4/c1-7(12)8(11)9(13)14-5-6-15-10(2,3)4/h7-8,12H,5-6,11H2,1-4H3/t7-,8+/m1/s1. The molecule has 0 aromatic carbocycles. The molecule has 0 unspecified atom stereocenters. The van der Waals surface area contributed by atoms with Gasteiger partial charge in [-0.25, -0.2) is 0 Å². The fourth-order valence-corrected chi connectivity index (χ4v) is 0.783. The molecule has 0 spiro atoms. The van der Waals surface area contributed by atoms with E-state index in [2.05, 4.69) is 0 Å². The van der Waals surface area contributed by atoms with Crippen molar-refractivity contribution in [2.45, 2.75) is 45.4 Å². The molecule has 90 valence electrons. The number of carbonyl (C=O) groups excluding carboxylic acids is 1. The molecule has 0 fully saturated rings. The van der Waals surface area contributed by atoms with E-state index < -0.39 is 18.1 Å². The molecular weight excluding hydrogens is 198 g/mol. The first-order valence-electron chi connectivity index (χ1n) is 4.98. The summed E-state index contributed by atoms with van der Waals surface area (Å²) in [6.45, 7) is 7.65. The summed E-state index contributed by atoms with van der Waals surface area (Å²) in [6.07, 6.45) is -0.902. The largest absolute Gasteiger partial charge is 0.462 e. The summed E-state index contributed by atoms with van der Waals surface area (Å²) in [5.74, 6) is -0.609. The van der Waals surface area contributed by atoms with E-state index in [-0.39, 0.29) is 12.2 Å². The van der Waals surface area contributed by atoms with Crippen molar-refractivity contribution in [3.05, 3.63) is 0 Å². The molecule has 0 bridgehead atoms. The Kier molecular flexibility index (Phi) is 5.79. The van der Waals surface area contributed by atoms with Gasteiger partial charge >= 0.3 is 5.97 Å². The number of carbonyl (C=O) groups is 1. The molecule has 0 saturated heterocycles. The normalized spacial score (nSPS) is 15.9. The van der Waals surface area contributed by atoms with Crippen LogP contribution in [0.5, 0.6) is 0 Å². The van der Waals surface area contributed by atoms with Crippen LogP contribution in [-0.2, 0) is 14.3 Å². The van der Waals surface area contributed by atoms with Crippen LogP contribution in [0.15, 0.2) is 0 Å². The van der Waals surface area contributed by atoms with E-state index in [0.29, 0.717) is 6.61 Å². The molecule has 0 aliphatic heterocycles. The average Bonchev–Trinajstić information content (AvgIpc) is 2.09. The first-order chi connectivity index (χ1) is 6.74. The summed E-state index contributed by atoms with van der Waals surface area (Å²) < 4.78 is 10.2. The lowest BCUT2D eigenvalue weighted by Crippen LogP contribution is -2.41. The van der Waals surface area contributed by atoms with Crippen molar-refractivity contribution in [1.29, 1.82) is 0 Å². The van der Waals surface area contributed by atoms with Gasteiger partial charge in [-0.1, -0.05) is 0 Å². The van der Waals surface area contributed by atoms with Gasteiger partial charge in [-0.05, 0) is 27.7 Å². The molecule has 0 saturated carbocycles. The molecule has 5 nitrogen and oxygen atoms in total. The lowest BCUT2D eigenvalue weighted by atomic mass is 10.2. The molecule has 0 aliphatic carbocycles. The maximum atomic E-state index is 11.1. The third kappa shape index (κ3) is 7.30. The van der Waals surface area contributed by atoms with Crippen LogP contribution >= 0.6 is 0 Å². The summed E-state index contributed by atoms with van der Waals surface area (Å²) in [4.78, 5) is 11.1. The Morgan fingerprint density at radius 3 is 2.33 bits per heavy atom. The zero-order valence-corrected chi connectivity index (χ0v) is 9.82. The minimum atomic E-state index is -0.986. The van der Waals surface area contributed by atoms with E-state index in [1.54, 1.807) is 0 Å². The third-order valence-corrected chi connectivity index (χ3v) is 1.65. The Balaban J connectivity index is 3.65. The Morgan fingerprint density at radius 1 is 1.40 bits per heavy atom. The second-order valence-corrected chi connectivity index (χ2v) is 4.39. The number of rotatable bonds is 5. The second-order valence-electron chi connectivity index (χ2n) is 4.39. The summed E-state index contributed by atoms with van der Waals surface area (Å²) in [7, 11) is 0. The monoisotopic (exact) mass is 219 g/mol. The zero-order valence-electron chi connectivity index (χ0n) is 9.82. The first-order valence-corrected chi connectivity index (χ1v) is 4.98. The fraction of sp³-hybridized carbons (Fsp3) is 0.900. The van der Waals surface area contributed by atoms with Crippen LogP contribution in [0, 0.1) is 0 Å². The van der Waals surface area contributed by atoms with Crippen molar-refractivity contribution >= 4 is 5.97 Å². The van der Waals surface area contributed by atoms with Gasteiger partial charge in [0.25, 0.3) is 0 Å². The van der Waals surface area contributed by atoms with Gasteiger partial charge in [-0.15, -0.1) is 0 Å². The van der Waals surface area contributed by atoms with Gasteiger partial charge < -0.3 is 20.3 Å². The molecule has 0 rings (SSSR count). The van der Waals surface area contributed by atoms with Gasteiger partial charge in [0.1, 0.15) is 12.6 Å². The minimum absolute atomic E-state index is 0.149. The molecule has 0 amide bonds. The van der Waals surface area contributed by atoms with Crippen LogP contribution in [0.3, 0.4) is 0 Å². The predicted octanol–water partition coefficient (Wildman–Crippen LogP) is 0.0528. The lowest BCUT2D eigenvalue weighted by Gasteiger charge is -2.20. The molecule has 0 aromatic heterocycles. The Labute approximate surface area is 90.5 Å². The maximum absolute atomic E-state index is 11.1. The number of ether oxygens (including phenoxy) is 2. The van der Waals surface area contributed by atoms with Gasteiger partial charge in [0, 0.05) is 0 Å². The van der Waals surface area contributed by atoms with Crippen molar-refractivity contribution in [3.63, 3.8) is 0 Å². The van der Waals surface area contributed by atoms with Crippen molar-refractivity contribution in [3.8, 4) is 0 Å². The molecule has 0 heterocycles. The van der Waals surface area contributed by atoms with E-state index in [1.165, 1.54) is 6.92 Å². The lowest BCUT2D eigenvalue weighted by molar-refractivity contribution is -0.150. The topological polar surface area (TPSA) is 81.8 Å². The van der Waals surface area contributed by atoms with Crippen LogP contribution in [0.25, 0.3) is 0 Å². The van der Waals surface area contributed by atoms with Crippen LogP contribution < -0.4 is 5.73 Å². The Morgan fingerprint density at radius 2 is 1.93 bits per heavy atom. The van der Waals surface area contributed by atoms with Crippen LogP contribution in [0.1, 0.15) is 27.7 Å². The Hall–Kier alpha value is -0.650. The van der Waals surface area contributed by atoms with Crippen LogP contribution in [0.2, 0.25) is 0 Å². The zero-order chi connectivity index (χ0) is 12.1. The van der Waals surface area contributed by atoms with Gasteiger partial charge in [-0.2, -0.15) is 0 Å². The summed E-state index contributed by atoms with van der Waals surface area (Å²) in [5.41, 5.74) is 5.11. The van der Waals surface area contributed by atoms with Gasteiger partial charge in [-0.3, -0.25) is 4.79 Å². The fourth-order valence-electron chi connectivity index (χ4n) is 0.783. The molecule has 15 heavy (non-hydrogen) atoms. The van der Waals surface area contributed by atoms with E-state index in [0.717, 1.165) is 0 Å². The first kappa shape index (κ1) is 14.3. The quantitative estimate of drug-likeness (QED) is 0.504. The molecule has 3 N–H and O–H groups in total. The molecule has 0 aliphatic rings. The van der Waals surface area contributed by atoms with Crippen molar-refractivity contribution in [2.24, 2.45) is 5.73 Å². The second kappa shape index (κ2) is 6.05. The van der Waals surface area contributed by atoms with Gasteiger partial charge in [0.05, 0.1) is 18.3 Å². The smallest absolute Gasteiger partial charge is 0.325 e. The number of nitrogens with two attached hydrogens (primary N) is 1. The highest BCUT2D eigenvalue weighted by Crippen LogP contribution is 2.05. The number of aliphatic hydroxyl groups excluding tert-OH is 1. The average molecular weight is 219 g/mol. The van der Waals surface area contributed by atoms with E-state index in [9.17, 15) is 4.79 Å². The van der Waals surface area contributed by atoms with Crippen molar-refractivity contribution in [1.82, 2.24) is 0 Å². The van der Waals surface area contributed by atoms with Gasteiger partial charge in [0.2, 0.25) is 0 Å². The summed E-state index contributed by atoms with van der Waals surface area (Å²) in [5, 5.41) is 9.02. The molecular formula is C10H21NO4. The van der Waals surface area contributed by atoms with Crippen LogP contribution in [-0.4, -0.2) is 42.0 Å².